The normalized spacial score (nSPS) is 29.2. The molecule has 1 aromatic rings. The Kier molecular flexibility index (Phi) is 3.12. The summed E-state index contributed by atoms with van der Waals surface area (Å²) >= 11 is 0. The van der Waals surface area contributed by atoms with Gasteiger partial charge in [-0.1, -0.05) is 6.07 Å². The number of aryl methyl sites for hydroxylation is 1. The van der Waals surface area contributed by atoms with Crippen LogP contribution in [0.4, 0.5) is 0 Å². The van der Waals surface area contributed by atoms with Crippen molar-refractivity contribution >= 4 is 0 Å². The highest BCUT2D eigenvalue weighted by molar-refractivity contribution is 5.18. The second-order valence-electron chi connectivity index (χ2n) is 5.38. The molecule has 0 aromatic carbocycles. The predicted molar refractivity (Wildman–Crippen MR) is 68.8 cm³/mol. The average Bonchev–Trinajstić information content (AvgIpc) is 2.79. The topological polar surface area (TPSA) is 28.2 Å². The summed E-state index contributed by atoms with van der Waals surface area (Å²) in [6, 6.07) is 5.05. The number of hydrogen-bond acceptors (Lipinski definition) is 3. The van der Waals surface area contributed by atoms with E-state index in [1.807, 2.05) is 12.3 Å². The van der Waals surface area contributed by atoms with E-state index < -0.39 is 0 Å². The molecule has 1 aromatic heterocycles. The van der Waals surface area contributed by atoms with Crippen LogP contribution in [0.1, 0.15) is 24.1 Å². The number of aromatic nitrogens is 1. The van der Waals surface area contributed by atoms with Gasteiger partial charge in [-0.3, -0.25) is 9.88 Å². The first-order valence-corrected chi connectivity index (χ1v) is 6.69. The van der Waals surface area contributed by atoms with Crippen molar-refractivity contribution in [2.75, 3.05) is 19.6 Å². The molecule has 3 nitrogen and oxygen atoms in total. The van der Waals surface area contributed by atoms with Crippen LogP contribution in [0.2, 0.25) is 0 Å². The molecule has 3 rings (SSSR count). The van der Waals surface area contributed by atoms with Crippen molar-refractivity contribution < 1.29 is 0 Å². The third-order valence-electron chi connectivity index (χ3n) is 4.25. The Hall–Kier alpha value is -0.930. The number of piperidine rings is 1. The highest BCUT2D eigenvalue weighted by atomic mass is 15.2. The maximum absolute atomic E-state index is 4.37. The van der Waals surface area contributed by atoms with Gasteiger partial charge >= 0.3 is 0 Å². The first-order chi connectivity index (χ1) is 8.33. The molecule has 2 unspecified atom stereocenters. The van der Waals surface area contributed by atoms with E-state index in [9.17, 15) is 0 Å². The second-order valence-corrected chi connectivity index (χ2v) is 5.38. The zero-order chi connectivity index (χ0) is 11.7. The number of rotatable bonds is 2. The summed E-state index contributed by atoms with van der Waals surface area (Å²) in [5, 5.41) is 3.62. The largest absolute Gasteiger partial charge is 0.314 e. The lowest BCUT2D eigenvalue weighted by Gasteiger charge is -2.35. The maximum atomic E-state index is 4.37. The minimum Gasteiger partial charge on any atom is -0.314 e. The first-order valence-electron chi connectivity index (χ1n) is 6.69. The molecule has 0 saturated carbocycles. The molecule has 1 N–H and O–H groups in total. The fraction of sp³-hybridized carbons (Fsp3) is 0.643. The lowest BCUT2D eigenvalue weighted by atomic mass is 9.93. The van der Waals surface area contributed by atoms with E-state index >= 15 is 0 Å². The first kappa shape index (κ1) is 11.2. The molecule has 0 bridgehead atoms. The zero-order valence-corrected chi connectivity index (χ0v) is 10.5. The van der Waals surface area contributed by atoms with E-state index in [-0.39, 0.29) is 0 Å². The fourth-order valence-corrected chi connectivity index (χ4v) is 3.19. The van der Waals surface area contributed by atoms with Crippen LogP contribution in [0.15, 0.2) is 18.3 Å². The molecular weight excluding hydrogens is 210 g/mol. The van der Waals surface area contributed by atoms with E-state index in [1.54, 1.807) is 0 Å². The zero-order valence-electron chi connectivity index (χ0n) is 10.5. The Bertz CT molecular complexity index is 391. The van der Waals surface area contributed by atoms with Gasteiger partial charge in [-0.05, 0) is 50.4 Å². The Labute approximate surface area is 103 Å². The minimum absolute atomic E-state index is 0.793. The third-order valence-corrected chi connectivity index (χ3v) is 4.25. The van der Waals surface area contributed by atoms with Crippen LogP contribution in [0.5, 0.6) is 0 Å². The summed E-state index contributed by atoms with van der Waals surface area (Å²) in [6.45, 7) is 6.88. The molecule has 17 heavy (non-hydrogen) atoms. The van der Waals surface area contributed by atoms with Crippen LogP contribution in [0, 0.1) is 12.8 Å². The molecule has 0 amide bonds. The van der Waals surface area contributed by atoms with Gasteiger partial charge < -0.3 is 5.32 Å². The van der Waals surface area contributed by atoms with E-state index in [0.717, 1.165) is 18.5 Å². The monoisotopic (exact) mass is 231 g/mol. The fourth-order valence-electron chi connectivity index (χ4n) is 3.19. The Balaban J connectivity index is 1.64. The summed E-state index contributed by atoms with van der Waals surface area (Å²) < 4.78 is 0. The van der Waals surface area contributed by atoms with Crippen molar-refractivity contribution in [3.8, 4) is 0 Å². The quantitative estimate of drug-likeness (QED) is 0.837. The van der Waals surface area contributed by atoms with E-state index in [1.165, 1.54) is 43.7 Å². The number of nitrogens with one attached hydrogen (secondary N) is 1. The van der Waals surface area contributed by atoms with Gasteiger partial charge in [0.2, 0.25) is 0 Å². The number of nitrogens with zero attached hydrogens (tertiary/aromatic N) is 2. The van der Waals surface area contributed by atoms with Crippen LogP contribution in [-0.4, -0.2) is 35.6 Å². The van der Waals surface area contributed by atoms with E-state index in [2.05, 4.69) is 28.2 Å². The lowest BCUT2D eigenvalue weighted by molar-refractivity contribution is 0.155. The lowest BCUT2D eigenvalue weighted by Crippen LogP contribution is -2.44. The van der Waals surface area contributed by atoms with Crippen LogP contribution in [0.3, 0.4) is 0 Å². The molecule has 0 aliphatic carbocycles. The van der Waals surface area contributed by atoms with Crippen molar-refractivity contribution in [3.05, 3.63) is 29.6 Å². The minimum atomic E-state index is 0.793. The van der Waals surface area contributed by atoms with Crippen molar-refractivity contribution in [2.45, 2.75) is 32.4 Å². The summed E-state index contributed by atoms with van der Waals surface area (Å²) in [7, 11) is 0. The molecule has 2 aliphatic rings. The summed E-state index contributed by atoms with van der Waals surface area (Å²) in [5.74, 6) is 0.876. The van der Waals surface area contributed by atoms with Crippen LogP contribution < -0.4 is 5.32 Å². The molecule has 92 valence electrons. The number of hydrogen-bond donors (Lipinski definition) is 1. The Morgan fingerprint density at radius 1 is 1.47 bits per heavy atom. The van der Waals surface area contributed by atoms with E-state index in [4.69, 9.17) is 0 Å². The standard InChI is InChI=1S/C14H21N3/c1-11-12(3-2-6-15-11)9-17-8-5-14-13(10-17)4-7-16-14/h2-3,6,13-14,16H,4-5,7-10H2,1H3. The van der Waals surface area contributed by atoms with Gasteiger partial charge in [-0.15, -0.1) is 0 Å². The smallest absolute Gasteiger partial charge is 0.0417 e. The highest BCUT2D eigenvalue weighted by Crippen LogP contribution is 2.25. The molecular formula is C14H21N3. The van der Waals surface area contributed by atoms with Gasteiger partial charge in [0, 0.05) is 31.0 Å². The van der Waals surface area contributed by atoms with Crippen LogP contribution >= 0.6 is 0 Å². The molecule has 2 aliphatic heterocycles. The second kappa shape index (κ2) is 4.75. The number of likely N-dealkylation sites (tertiary alicyclic amines) is 1. The van der Waals surface area contributed by atoms with Gasteiger partial charge in [-0.2, -0.15) is 0 Å². The van der Waals surface area contributed by atoms with Crippen molar-refractivity contribution in [2.24, 2.45) is 5.92 Å². The Morgan fingerprint density at radius 3 is 3.29 bits per heavy atom. The molecule has 3 heterocycles. The number of pyridine rings is 1. The molecule has 2 atom stereocenters. The molecule has 2 fully saturated rings. The van der Waals surface area contributed by atoms with Gasteiger partial charge in [0.15, 0.2) is 0 Å². The van der Waals surface area contributed by atoms with Gasteiger partial charge in [-0.25, -0.2) is 0 Å². The highest BCUT2D eigenvalue weighted by Gasteiger charge is 2.32. The summed E-state index contributed by atoms with van der Waals surface area (Å²) in [4.78, 5) is 6.97. The van der Waals surface area contributed by atoms with Crippen LogP contribution in [0.25, 0.3) is 0 Å². The number of fused-ring (bicyclic) bond motifs is 1. The van der Waals surface area contributed by atoms with Crippen LogP contribution in [-0.2, 0) is 6.54 Å². The molecule has 3 heteroatoms. The van der Waals surface area contributed by atoms with Crippen molar-refractivity contribution in [1.29, 1.82) is 0 Å². The maximum Gasteiger partial charge on any atom is 0.0417 e. The Morgan fingerprint density at radius 2 is 2.41 bits per heavy atom. The summed E-state index contributed by atoms with van der Waals surface area (Å²) in [6.07, 6.45) is 4.54. The van der Waals surface area contributed by atoms with Crippen molar-refractivity contribution in [1.82, 2.24) is 15.2 Å². The van der Waals surface area contributed by atoms with Crippen molar-refractivity contribution in [3.63, 3.8) is 0 Å². The SMILES string of the molecule is Cc1ncccc1CN1CCC2NCCC2C1. The van der Waals surface area contributed by atoms with Gasteiger partial charge in [0.1, 0.15) is 0 Å². The van der Waals surface area contributed by atoms with Gasteiger partial charge in [0.25, 0.3) is 0 Å². The average molecular weight is 231 g/mol. The summed E-state index contributed by atoms with van der Waals surface area (Å²) in [5.41, 5.74) is 2.57. The molecule has 0 radical (unpaired) electrons. The molecule has 2 saturated heterocycles. The molecule has 0 spiro atoms. The third kappa shape index (κ3) is 2.35. The van der Waals surface area contributed by atoms with Gasteiger partial charge in [0.05, 0.1) is 0 Å². The predicted octanol–water partition coefficient (Wildman–Crippen LogP) is 1.57. The van der Waals surface area contributed by atoms with E-state index in [0.29, 0.717) is 0 Å².